The van der Waals surface area contributed by atoms with Gasteiger partial charge < -0.3 is 14.8 Å². The van der Waals surface area contributed by atoms with Gasteiger partial charge in [-0.2, -0.15) is 0 Å². The van der Waals surface area contributed by atoms with Crippen molar-refractivity contribution in [3.05, 3.63) is 0 Å². The van der Waals surface area contributed by atoms with Crippen LogP contribution in [0.2, 0.25) is 0 Å². The monoisotopic (exact) mass is 269 g/mol. The second-order valence-corrected chi connectivity index (χ2v) is 6.70. The van der Waals surface area contributed by atoms with Crippen LogP contribution in [-0.2, 0) is 9.47 Å². The molecule has 3 heteroatoms. The Morgan fingerprint density at radius 2 is 1.89 bits per heavy atom. The Hall–Kier alpha value is -0.120. The third-order valence-electron chi connectivity index (χ3n) is 4.92. The molecule has 2 atom stereocenters. The molecule has 112 valence electrons. The molecule has 2 fully saturated rings. The lowest BCUT2D eigenvalue weighted by molar-refractivity contribution is -0.158. The molecule has 0 saturated heterocycles. The predicted molar refractivity (Wildman–Crippen MR) is 78.4 cm³/mol. The molecule has 0 aromatic rings. The molecule has 0 heterocycles. The van der Waals surface area contributed by atoms with E-state index in [0.29, 0.717) is 23.5 Å². The van der Waals surface area contributed by atoms with Crippen LogP contribution >= 0.6 is 0 Å². The zero-order valence-corrected chi connectivity index (χ0v) is 12.9. The molecule has 0 aromatic heterocycles. The number of rotatable bonds is 7. The molecule has 0 radical (unpaired) electrons. The van der Waals surface area contributed by atoms with Crippen molar-refractivity contribution in [1.29, 1.82) is 0 Å². The molecule has 3 nitrogen and oxygen atoms in total. The minimum absolute atomic E-state index is 0.436. The van der Waals surface area contributed by atoms with Gasteiger partial charge in [-0.25, -0.2) is 0 Å². The van der Waals surface area contributed by atoms with Crippen LogP contribution in [0.1, 0.15) is 52.4 Å². The lowest BCUT2D eigenvalue weighted by atomic mass is 9.55. The van der Waals surface area contributed by atoms with E-state index in [-0.39, 0.29) is 0 Å². The van der Waals surface area contributed by atoms with E-state index in [4.69, 9.17) is 9.47 Å². The van der Waals surface area contributed by atoms with Crippen LogP contribution in [0.5, 0.6) is 0 Å². The Bertz CT molecular complexity index is 261. The zero-order valence-electron chi connectivity index (χ0n) is 12.9. The van der Waals surface area contributed by atoms with Crippen molar-refractivity contribution in [3.8, 4) is 0 Å². The van der Waals surface area contributed by atoms with Crippen LogP contribution in [0.15, 0.2) is 0 Å². The average Bonchev–Trinajstić information content (AvgIpc) is 2.41. The van der Waals surface area contributed by atoms with Gasteiger partial charge in [0.05, 0.1) is 19.3 Å². The summed E-state index contributed by atoms with van der Waals surface area (Å²) in [6, 6.07) is 0.675. The van der Waals surface area contributed by atoms with Crippen molar-refractivity contribution in [2.75, 3.05) is 26.9 Å². The summed E-state index contributed by atoms with van der Waals surface area (Å²) in [6.07, 6.45) is 8.49. The zero-order chi connectivity index (χ0) is 13.7. The lowest BCUT2D eigenvalue weighted by Crippen LogP contribution is -2.63. The summed E-state index contributed by atoms with van der Waals surface area (Å²) < 4.78 is 11.7. The van der Waals surface area contributed by atoms with E-state index in [2.05, 4.69) is 26.2 Å². The molecular weight excluding hydrogens is 238 g/mol. The van der Waals surface area contributed by atoms with Crippen LogP contribution in [0.4, 0.5) is 0 Å². The first-order valence-electron chi connectivity index (χ1n) is 8.05. The molecule has 1 spiro atoms. The molecule has 2 unspecified atom stereocenters. The molecule has 0 amide bonds. The van der Waals surface area contributed by atoms with E-state index in [1.165, 1.54) is 38.5 Å². The van der Waals surface area contributed by atoms with E-state index >= 15 is 0 Å². The van der Waals surface area contributed by atoms with Gasteiger partial charge in [-0.3, -0.25) is 0 Å². The molecule has 2 aliphatic rings. The fourth-order valence-electron chi connectivity index (χ4n) is 3.84. The maximum atomic E-state index is 6.12. The second kappa shape index (κ2) is 7.05. The fraction of sp³-hybridized carbons (Fsp3) is 1.00. The van der Waals surface area contributed by atoms with Crippen LogP contribution in [0.3, 0.4) is 0 Å². The molecule has 0 bridgehead atoms. The molecular formula is C16H31NO2. The summed E-state index contributed by atoms with van der Waals surface area (Å²) in [4.78, 5) is 0. The van der Waals surface area contributed by atoms with Crippen LogP contribution in [0, 0.1) is 11.3 Å². The van der Waals surface area contributed by atoms with Gasteiger partial charge in [0.1, 0.15) is 0 Å². The number of ether oxygens (including phenoxy) is 2. The first-order valence-corrected chi connectivity index (χ1v) is 8.05. The average molecular weight is 269 g/mol. The SMILES string of the molecule is CNC1CC(OCCOCC(C)C)C12CCCCC2. The van der Waals surface area contributed by atoms with Gasteiger partial charge in [-0.05, 0) is 32.2 Å². The Kier molecular flexibility index (Phi) is 5.67. The van der Waals surface area contributed by atoms with Gasteiger partial charge in [0.2, 0.25) is 0 Å². The van der Waals surface area contributed by atoms with Gasteiger partial charge in [0.15, 0.2) is 0 Å². The number of hydrogen-bond acceptors (Lipinski definition) is 3. The first-order chi connectivity index (χ1) is 9.19. The maximum Gasteiger partial charge on any atom is 0.0704 e. The molecule has 2 rings (SSSR count). The van der Waals surface area contributed by atoms with Crippen LogP contribution in [-0.4, -0.2) is 39.0 Å². The van der Waals surface area contributed by atoms with Crippen molar-refractivity contribution >= 4 is 0 Å². The highest BCUT2D eigenvalue weighted by Crippen LogP contribution is 2.53. The summed E-state index contributed by atoms with van der Waals surface area (Å²) >= 11 is 0. The van der Waals surface area contributed by atoms with Crippen molar-refractivity contribution < 1.29 is 9.47 Å². The smallest absolute Gasteiger partial charge is 0.0704 e. The van der Waals surface area contributed by atoms with Crippen molar-refractivity contribution in [3.63, 3.8) is 0 Å². The summed E-state index contributed by atoms with van der Waals surface area (Å²) in [5.41, 5.74) is 0.436. The van der Waals surface area contributed by atoms with Crippen molar-refractivity contribution in [2.24, 2.45) is 11.3 Å². The molecule has 2 aliphatic carbocycles. The minimum atomic E-state index is 0.436. The highest BCUT2D eigenvalue weighted by atomic mass is 16.5. The quantitative estimate of drug-likeness (QED) is 0.721. The minimum Gasteiger partial charge on any atom is -0.379 e. The Morgan fingerprint density at radius 3 is 2.53 bits per heavy atom. The van der Waals surface area contributed by atoms with E-state index in [1.54, 1.807) is 0 Å². The molecule has 0 aromatic carbocycles. The largest absolute Gasteiger partial charge is 0.379 e. The topological polar surface area (TPSA) is 30.5 Å². The first kappa shape index (κ1) is 15.3. The Balaban J connectivity index is 1.71. The maximum absolute atomic E-state index is 6.12. The normalized spacial score (nSPS) is 29.7. The van der Waals surface area contributed by atoms with Crippen LogP contribution in [0.25, 0.3) is 0 Å². The van der Waals surface area contributed by atoms with E-state index in [9.17, 15) is 0 Å². The fourth-order valence-corrected chi connectivity index (χ4v) is 3.84. The highest BCUT2D eigenvalue weighted by molar-refractivity contribution is 5.08. The van der Waals surface area contributed by atoms with E-state index in [1.807, 2.05) is 0 Å². The molecule has 1 N–H and O–H groups in total. The van der Waals surface area contributed by atoms with Gasteiger partial charge in [-0.15, -0.1) is 0 Å². The van der Waals surface area contributed by atoms with E-state index < -0.39 is 0 Å². The summed E-state index contributed by atoms with van der Waals surface area (Å²) in [5.74, 6) is 0.613. The highest BCUT2D eigenvalue weighted by Gasteiger charge is 2.54. The summed E-state index contributed by atoms with van der Waals surface area (Å²) in [7, 11) is 2.10. The van der Waals surface area contributed by atoms with Crippen molar-refractivity contribution in [1.82, 2.24) is 5.32 Å². The van der Waals surface area contributed by atoms with Crippen molar-refractivity contribution in [2.45, 2.75) is 64.5 Å². The molecule has 2 saturated carbocycles. The molecule has 0 aliphatic heterocycles. The number of hydrogen-bond donors (Lipinski definition) is 1. The molecule has 19 heavy (non-hydrogen) atoms. The van der Waals surface area contributed by atoms with Crippen LogP contribution < -0.4 is 5.32 Å². The Labute approximate surface area is 118 Å². The second-order valence-electron chi connectivity index (χ2n) is 6.70. The predicted octanol–water partition coefficient (Wildman–Crippen LogP) is 2.99. The standard InChI is InChI=1S/C16H31NO2/c1-13(2)12-18-9-10-19-15-11-14(17-3)16(15)7-5-4-6-8-16/h13-15,17H,4-12H2,1-3H3. The third-order valence-corrected chi connectivity index (χ3v) is 4.92. The van der Waals surface area contributed by atoms with Gasteiger partial charge >= 0.3 is 0 Å². The third kappa shape index (κ3) is 3.50. The van der Waals surface area contributed by atoms with Gasteiger partial charge in [0.25, 0.3) is 0 Å². The van der Waals surface area contributed by atoms with E-state index in [0.717, 1.165) is 19.8 Å². The van der Waals surface area contributed by atoms with Gasteiger partial charge in [0, 0.05) is 18.1 Å². The summed E-state index contributed by atoms with van der Waals surface area (Å²) in [5, 5.41) is 3.50. The Morgan fingerprint density at radius 1 is 1.16 bits per heavy atom. The lowest BCUT2D eigenvalue weighted by Gasteiger charge is -2.57. The van der Waals surface area contributed by atoms with Gasteiger partial charge in [-0.1, -0.05) is 33.1 Å². The number of nitrogens with one attached hydrogen (secondary N) is 1. The summed E-state index contributed by atoms with van der Waals surface area (Å²) in [6.45, 7) is 6.71.